The molecule has 86 heavy (non-hydrogen) atoms. The van der Waals surface area contributed by atoms with E-state index in [4.69, 9.17) is 0 Å². The monoisotopic (exact) mass is 1100 g/mol. The Morgan fingerprint density at radius 1 is 0.174 bits per heavy atom. The summed E-state index contributed by atoms with van der Waals surface area (Å²) in [4.78, 5) is 9.45. The Kier molecular flexibility index (Phi) is 14.5. The second-order valence-electron chi connectivity index (χ2n) is 21.9. The van der Waals surface area contributed by atoms with Gasteiger partial charge in [-0.15, -0.1) is 0 Å². The minimum atomic E-state index is 1.08. The molecule has 0 fully saturated rings. The molecule has 0 amide bonds. The Morgan fingerprint density at radius 3 is 0.919 bits per heavy atom. The first kappa shape index (κ1) is 52.8. The van der Waals surface area contributed by atoms with Gasteiger partial charge in [0, 0.05) is 67.6 Å². The normalized spacial score (nSPS) is 11.1. The van der Waals surface area contributed by atoms with Gasteiger partial charge in [-0.25, -0.2) is 0 Å². The van der Waals surface area contributed by atoms with Crippen molar-refractivity contribution in [2.45, 2.75) is 13.8 Å². The first-order valence-electron chi connectivity index (χ1n) is 29.5. The Bertz CT molecular complexity index is 4620. The van der Waals surface area contributed by atoms with Gasteiger partial charge in [0.15, 0.2) is 0 Å². The Hall–Kier alpha value is -11.2. The fourth-order valence-corrected chi connectivity index (χ4v) is 12.1. The van der Waals surface area contributed by atoms with Crippen LogP contribution >= 0.6 is 0 Å². The molecule has 0 aromatic heterocycles. The molecule has 0 unspecified atom stereocenters. The predicted octanol–water partition coefficient (Wildman–Crippen LogP) is 23.5. The van der Waals surface area contributed by atoms with Gasteiger partial charge in [0.25, 0.3) is 0 Å². The van der Waals surface area contributed by atoms with E-state index in [1.807, 2.05) is 0 Å². The molecule has 0 heterocycles. The molecular weight excluding hydrogens is 1040 g/mol. The summed E-state index contributed by atoms with van der Waals surface area (Å²) in [6.45, 7) is 4.38. The fourth-order valence-electron chi connectivity index (χ4n) is 12.1. The number of hydrogen-bond acceptors (Lipinski definition) is 4. The first-order valence-corrected chi connectivity index (χ1v) is 29.5. The van der Waals surface area contributed by atoms with Gasteiger partial charge in [-0.1, -0.05) is 212 Å². The largest absolute Gasteiger partial charge is 0.310 e. The summed E-state index contributed by atoms with van der Waals surface area (Å²) in [6, 6.07) is 123. The van der Waals surface area contributed by atoms with Gasteiger partial charge in [-0.05, 0) is 197 Å². The molecular formula is C82H62N4. The summed E-state index contributed by atoms with van der Waals surface area (Å²) in [5, 5.41) is 4.76. The van der Waals surface area contributed by atoms with Crippen LogP contribution in [0.4, 0.5) is 68.2 Å². The minimum Gasteiger partial charge on any atom is -0.310 e. The number of para-hydroxylation sites is 5. The molecule has 4 heteroatoms. The van der Waals surface area contributed by atoms with Crippen molar-refractivity contribution in [2.24, 2.45) is 0 Å². The minimum absolute atomic E-state index is 1.08. The molecule has 0 N–H and O–H groups in total. The molecule has 4 nitrogen and oxygen atoms in total. The van der Waals surface area contributed by atoms with E-state index in [0.717, 1.165) is 95.9 Å². The molecule has 0 spiro atoms. The van der Waals surface area contributed by atoms with Crippen molar-refractivity contribution in [2.75, 3.05) is 19.6 Å². The number of hydrogen-bond donors (Lipinski definition) is 0. The summed E-state index contributed by atoms with van der Waals surface area (Å²) in [6.07, 6.45) is 0. The second kappa shape index (κ2) is 23.6. The Labute approximate surface area is 504 Å². The second-order valence-corrected chi connectivity index (χ2v) is 21.9. The maximum Gasteiger partial charge on any atom is 0.0540 e. The highest BCUT2D eigenvalue weighted by Crippen LogP contribution is 2.45. The number of fused-ring (bicyclic) bond motifs is 2. The number of benzene rings is 14. The molecule has 14 aromatic rings. The molecule has 14 rings (SSSR count). The van der Waals surface area contributed by atoms with Crippen LogP contribution in [-0.2, 0) is 0 Å². The van der Waals surface area contributed by atoms with Gasteiger partial charge >= 0.3 is 0 Å². The van der Waals surface area contributed by atoms with E-state index < -0.39 is 0 Å². The lowest BCUT2D eigenvalue weighted by Crippen LogP contribution is -2.11. The Balaban J connectivity index is 0.752. The average Bonchev–Trinajstić information content (AvgIpc) is 3.75. The molecule has 14 aromatic carbocycles. The summed E-state index contributed by atoms with van der Waals surface area (Å²) in [5.41, 5.74) is 22.7. The quantitative estimate of drug-likeness (QED) is 0.101. The van der Waals surface area contributed by atoms with Crippen LogP contribution in [0.5, 0.6) is 0 Å². The summed E-state index contributed by atoms with van der Waals surface area (Å²) < 4.78 is 0. The zero-order valence-electron chi connectivity index (χ0n) is 48.1. The zero-order chi connectivity index (χ0) is 57.8. The molecule has 0 saturated carbocycles. The van der Waals surface area contributed by atoms with E-state index in [1.54, 1.807) is 0 Å². The molecule has 0 aliphatic rings. The lowest BCUT2D eigenvalue weighted by molar-refractivity contribution is 1.25. The molecule has 0 saturated heterocycles. The lowest BCUT2D eigenvalue weighted by Gasteiger charge is -2.28. The van der Waals surface area contributed by atoms with E-state index in [-0.39, 0.29) is 0 Å². The van der Waals surface area contributed by atoms with Crippen LogP contribution in [0, 0.1) is 13.8 Å². The van der Waals surface area contributed by atoms with Gasteiger partial charge in [-0.3, -0.25) is 0 Å². The van der Waals surface area contributed by atoms with Crippen molar-refractivity contribution in [3.05, 3.63) is 351 Å². The van der Waals surface area contributed by atoms with Crippen molar-refractivity contribution in [1.82, 2.24) is 0 Å². The molecule has 410 valence electrons. The third kappa shape index (κ3) is 10.5. The van der Waals surface area contributed by atoms with Gasteiger partial charge in [0.1, 0.15) is 0 Å². The summed E-state index contributed by atoms with van der Waals surface area (Å²) in [5.74, 6) is 0. The third-order valence-electron chi connectivity index (χ3n) is 16.5. The highest BCUT2D eigenvalue weighted by atomic mass is 15.2. The molecule has 0 radical (unpaired) electrons. The van der Waals surface area contributed by atoms with Gasteiger partial charge < -0.3 is 19.6 Å². The Morgan fingerprint density at radius 2 is 0.465 bits per heavy atom. The van der Waals surface area contributed by atoms with Crippen LogP contribution in [0.3, 0.4) is 0 Å². The van der Waals surface area contributed by atoms with Crippen LogP contribution in [0.25, 0.3) is 54.9 Å². The van der Waals surface area contributed by atoms with Crippen molar-refractivity contribution >= 4 is 89.8 Å². The molecule has 0 bridgehead atoms. The maximum atomic E-state index is 2.38. The van der Waals surface area contributed by atoms with Crippen LogP contribution in [0.2, 0.25) is 0 Å². The summed E-state index contributed by atoms with van der Waals surface area (Å²) >= 11 is 0. The highest BCUT2D eigenvalue weighted by molar-refractivity contribution is 6.02. The van der Waals surface area contributed by atoms with Gasteiger partial charge in [-0.2, -0.15) is 0 Å². The van der Waals surface area contributed by atoms with Gasteiger partial charge in [0.2, 0.25) is 0 Å². The van der Waals surface area contributed by atoms with Crippen molar-refractivity contribution in [1.29, 1.82) is 0 Å². The molecule has 0 aliphatic heterocycles. The smallest absolute Gasteiger partial charge is 0.0540 e. The van der Waals surface area contributed by atoms with Crippen LogP contribution in [0.1, 0.15) is 11.1 Å². The van der Waals surface area contributed by atoms with Crippen molar-refractivity contribution in [3.8, 4) is 33.4 Å². The van der Waals surface area contributed by atoms with E-state index in [2.05, 4.69) is 373 Å². The topological polar surface area (TPSA) is 13.0 Å². The highest BCUT2D eigenvalue weighted by Gasteiger charge is 2.21. The maximum absolute atomic E-state index is 2.38. The first-order chi connectivity index (χ1) is 42.5. The van der Waals surface area contributed by atoms with Crippen molar-refractivity contribution < 1.29 is 0 Å². The number of nitrogens with zero attached hydrogens (tertiary/aromatic N) is 4. The predicted molar refractivity (Wildman–Crippen MR) is 366 cm³/mol. The van der Waals surface area contributed by atoms with Crippen molar-refractivity contribution in [3.63, 3.8) is 0 Å². The van der Waals surface area contributed by atoms with E-state index >= 15 is 0 Å². The third-order valence-corrected chi connectivity index (χ3v) is 16.5. The van der Waals surface area contributed by atoms with E-state index in [0.29, 0.717) is 0 Å². The van der Waals surface area contributed by atoms with E-state index in [9.17, 15) is 0 Å². The van der Waals surface area contributed by atoms with Crippen LogP contribution in [0.15, 0.2) is 340 Å². The number of anilines is 12. The molecule has 0 atom stereocenters. The van der Waals surface area contributed by atoms with Crippen LogP contribution < -0.4 is 19.6 Å². The summed E-state index contributed by atoms with van der Waals surface area (Å²) in [7, 11) is 0. The zero-order valence-corrected chi connectivity index (χ0v) is 48.1. The average molecular weight is 1100 g/mol. The van der Waals surface area contributed by atoms with Crippen LogP contribution in [-0.4, -0.2) is 0 Å². The fraction of sp³-hybridized carbons (Fsp3) is 0.0244. The van der Waals surface area contributed by atoms with E-state index in [1.165, 1.54) is 38.4 Å². The van der Waals surface area contributed by atoms with Gasteiger partial charge in [0.05, 0.1) is 11.4 Å². The lowest BCUT2D eigenvalue weighted by atomic mass is 9.97. The SMILES string of the molecule is Cc1ccccc1N(c1ccccc1)c1ccc(-c2ccc(N(c3ccccc3)c3cc(-c4ccc5c(N(c6ccccc6)c6ccc(-c7ccc(N(c8ccccc8)c8cccc9ccccc89)cc7)cc6)cccc5c4)ccc3C)cc2)cc1. The number of rotatable bonds is 15. The number of aryl methyl sites for hydroxylation is 2. The molecule has 0 aliphatic carbocycles. The standard InChI is InChI=1S/C82H62N4/c1-59-21-15-18-34-79(59)83(69-25-7-3-8-26-69)73-48-39-61(40-49-73)64-45-54-76(55-46-64)86(72-31-13-6-14-32-72)82-58-67(38-37-60(82)2)66-47-56-78-68(57-66)24-20-36-81(78)85(71-29-11-5-12-30-71)75-52-43-63(44-53-75)62-41-50-74(51-42-62)84(70-27-9-4-10-28-70)80-35-19-23-65-22-16-17-33-77(65)80/h3-58H,1-2H3.